The van der Waals surface area contributed by atoms with Crippen molar-refractivity contribution in [2.45, 2.75) is 19.4 Å². The van der Waals surface area contributed by atoms with Gasteiger partial charge in [-0.2, -0.15) is 0 Å². The molecule has 1 heterocycles. The van der Waals surface area contributed by atoms with Crippen molar-refractivity contribution in [1.29, 1.82) is 0 Å². The zero-order valence-corrected chi connectivity index (χ0v) is 19.5. The number of carbonyl (C=O) groups is 1. The van der Waals surface area contributed by atoms with Crippen LogP contribution in [0.4, 0.5) is 10.5 Å². The lowest BCUT2D eigenvalue weighted by Gasteiger charge is -2.36. The van der Waals surface area contributed by atoms with Crippen LogP contribution < -0.4 is 19.7 Å². The van der Waals surface area contributed by atoms with E-state index in [9.17, 15) is 4.79 Å². The molecule has 0 saturated carbocycles. The number of anilines is 1. The van der Waals surface area contributed by atoms with Gasteiger partial charge in [-0.3, -0.25) is 4.90 Å². The first-order chi connectivity index (χ1) is 15.5. The van der Waals surface area contributed by atoms with E-state index in [1.807, 2.05) is 30.3 Å². The van der Waals surface area contributed by atoms with Crippen molar-refractivity contribution >= 4 is 11.7 Å². The fraction of sp³-hybridized carbons (Fsp3) is 0.480. The first-order valence-corrected chi connectivity index (χ1v) is 11.3. The Morgan fingerprint density at radius 2 is 1.75 bits per heavy atom. The third-order valence-corrected chi connectivity index (χ3v) is 5.70. The standard InChI is InChI=1S/C25H36N4O3/c1-27(2)25(30)26-20-21-9-11-23(12-10-21)32-18-5-4-13-28-14-16-29(17-15-28)22-7-6-8-24(19-22)31-3/h6-12,19H,4-5,13-18,20H2,1-3H3,(H,26,30). The normalized spacial score (nSPS) is 14.2. The molecule has 0 radical (unpaired) electrons. The molecule has 1 aliphatic heterocycles. The van der Waals surface area contributed by atoms with Crippen LogP contribution in [0.25, 0.3) is 0 Å². The van der Waals surface area contributed by atoms with Gasteiger partial charge in [-0.1, -0.05) is 18.2 Å². The van der Waals surface area contributed by atoms with E-state index in [1.54, 1.807) is 21.2 Å². The van der Waals surface area contributed by atoms with Gasteiger partial charge in [0.2, 0.25) is 0 Å². The largest absolute Gasteiger partial charge is 0.497 e. The van der Waals surface area contributed by atoms with E-state index in [4.69, 9.17) is 9.47 Å². The summed E-state index contributed by atoms with van der Waals surface area (Å²) in [5.41, 5.74) is 2.30. The monoisotopic (exact) mass is 440 g/mol. The second kappa shape index (κ2) is 12.2. The van der Waals surface area contributed by atoms with Crippen LogP contribution in [-0.2, 0) is 6.54 Å². The lowest BCUT2D eigenvalue weighted by atomic mass is 10.2. The molecule has 1 N–H and O–H groups in total. The van der Waals surface area contributed by atoms with Crippen LogP contribution in [-0.4, -0.2) is 76.4 Å². The van der Waals surface area contributed by atoms with Gasteiger partial charge in [0, 0.05) is 58.6 Å². The molecule has 0 bridgehead atoms. The molecule has 3 rings (SSSR count). The third kappa shape index (κ3) is 7.34. The zero-order valence-electron chi connectivity index (χ0n) is 19.5. The molecule has 1 saturated heterocycles. The number of nitrogens with zero attached hydrogens (tertiary/aromatic N) is 3. The van der Waals surface area contributed by atoms with Crippen molar-refractivity contribution in [2.75, 3.05) is 65.4 Å². The quantitative estimate of drug-likeness (QED) is 0.574. The number of ether oxygens (including phenoxy) is 2. The van der Waals surface area contributed by atoms with E-state index >= 15 is 0 Å². The van der Waals surface area contributed by atoms with E-state index in [2.05, 4.69) is 33.3 Å². The van der Waals surface area contributed by atoms with Gasteiger partial charge >= 0.3 is 6.03 Å². The summed E-state index contributed by atoms with van der Waals surface area (Å²) in [5, 5.41) is 2.86. The second-order valence-corrected chi connectivity index (χ2v) is 8.28. The predicted molar refractivity (Wildman–Crippen MR) is 129 cm³/mol. The maximum absolute atomic E-state index is 11.6. The van der Waals surface area contributed by atoms with Gasteiger partial charge in [0.05, 0.1) is 13.7 Å². The lowest BCUT2D eigenvalue weighted by Crippen LogP contribution is -2.46. The van der Waals surface area contributed by atoms with Gasteiger partial charge in [-0.05, 0) is 49.2 Å². The van der Waals surface area contributed by atoms with E-state index in [1.165, 1.54) is 10.6 Å². The van der Waals surface area contributed by atoms with Crippen LogP contribution in [0.3, 0.4) is 0 Å². The van der Waals surface area contributed by atoms with E-state index in [-0.39, 0.29) is 6.03 Å². The van der Waals surface area contributed by atoms with Crippen molar-refractivity contribution in [2.24, 2.45) is 0 Å². The van der Waals surface area contributed by atoms with Crippen LogP contribution in [0.2, 0.25) is 0 Å². The first-order valence-electron chi connectivity index (χ1n) is 11.3. The number of amides is 2. The molecule has 2 amide bonds. The highest BCUT2D eigenvalue weighted by molar-refractivity contribution is 5.73. The summed E-state index contributed by atoms with van der Waals surface area (Å²) in [4.78, 5) is 18.1. The molecule has 0 aromatic heterocycles. The molecule has 2 aromatic rings. The average molecular weight is 441 g/mol. The summed E-state index contributed by atoms with van der Waals surface area (Å²) in [6, 6.07) is 16.1. The Morgan fingerprint density at radius 3 is 2.44 bits per heavy atom. The Morgan fingerprint density at radius 1 is 1.00 bits per heavy atom. The smallest absolute Gasteiger partial charge is 0.317 e. The molecule has 0 aliphatic carbocycles. The minimum Gasteiger partial charge on any atom is -0.497 e. The van der Waals surface area contributed by atoms with Crippen LogP contribution in [0, 0.1) is 0 Å². The van der Waals surface area contributed by atoms with Gasteiger partial charge in [0.15, 0.2) is 0 Å². The second-order valence-electron chi connectivity index (χ2n) is 8.28. The van der Waals surface area contributed by atoms with Crippen LogP contribution >= 0.6 is 0 Å². The lowest BCUT2D eigenvalue weighted by molar-refractivity contribution is 0.217. The maximum Gasteiger partial charge on any atom is 0.317 e. The van der Waals surface area contributed by atoms with E-state index in [0.717, 1.165) is 69.2 Å². The Labute approximate surface area is 191 Å². The number of carbonyl (C=O) groups excluding carboxylic acids is 1. The van der Waals surface area contributed by atoms with E-state index in [0.29, 0.717) is 6.54 Å². The van der Waals surface area contributed by atoms with Crippen molar-refractivity contribution in [3.05, 3.63) is 54.1 Å². The number of hydrogen-bond acceptors (Lipinski definition) is 5. The molecule has 1 fully saturated rings. The SMILES string of the molecule is COc1cccc(N2CCN(CCCCOc3ccc(CNC(=O)N(C)C)cc3)CC2)c1. The predicted octanol–water partition coefficient (Wildman–Crippen LogP) is 3.45. The summed E-state index contributed by atoms with van der Waals surface area (Å²) in [6.07, 6.45) is 2.17. The molecular formula is C25H36N4O3. The number of urea groups is 1. The van der Waals surface area contributed by atoms with Gasteiger partial charge in [-0.15, -0.1) is 0 Å². The van der Waals surface area contributed by atoms with Gasteiger partial charge < -0.3 is 24.6 Å². The van der Waals surface area contributed by atoms with Crippen LogP contribution in [0.15, 0.2) is 48.5 Å². The molecule has 0 atom stereocenters. The number of methoxy groups -OCH3 is 1. The topological polar surface area (TPSA) is 57.3 Å². The Balaban J connectivity index is 1.28. The zero-order chi connectivity index (χ0) is 22.8. The first kappa shape index (κ1) is 23.7. The highest BCUT2D eigenvalue weighted by atomic mass is 16.5. The number of nitrogens with one attached hydrogen (secondary N) is 1. The number of hydrogen-bond donors (Lipinski definition) is 1. The molecule has 0 spiro atoms. The minimum absolute atomic E-state index is 0.0907. The highest BCUT2D eigenvalue weighted by Crippen LogP contribution is 2.22. The fourth-order valence-corrected chi connectivity index (χ4v) is 3.70. The Hall–Kier alpha value is -2.93. The van der Waals surface area contributed by atoms with Crippen LogP contribution in [0.5, 0.6) is 11.5 Å². The molecule has 32 heavy (non-hydrogen) atoms. The maximum atomic E-state index is 11.6. The molecule has 7 nitrogen and oxygen atoms in total. The van der Waals surface area contributed by atoms with Crippen molar-refractivity contribution in [3.8, 4) is 11.5 Å². The van der Waals surface area contributed by atoms with Crippen LogP contribution in [0.1, 0.15) is 18.4 Å². The number of rotatable bonds is 10. The summed E-state index contributed by atoms with van der Waals surface area (Å²) in [7, 11) is 5.17. The fourth-order valence-electron chi connectivity index (χ4n) is 3.70. The summed E-state index contributed by atoms with van der Waals surface area (Å²) < 4.78 is 11.2. The number of benzene rings is 2. The molecule has 174 valence electrons. The van der Waals surface area contributed by atoms with Gasteiger partial charge in [0.25, 0.3) is 0 Å². The summed E-state index contributed by atoms with van der Waals surface area (Å²) in [5.74, 6) is 1.79. The van der Waals surface area contributed by atoms with Gasteiger partial charge in [-0.25, -0.2) is 4.79 Å². The molecule has 2 aromatic carbocycles. The summed E-state index contributed by atoms with van der Waals surface area (Å²) >= 11 is 0. The van der Waals surface area contributed by atoms with Crippen molar-refractivity contribution in [3.63, 3.8) is 0 Å². The molecule has 0 unspecified atom stereocenters. The third-order valence-electron chi connectivity index (χ3n) is 5.70. The molecular weight excluding hydrogens is 404 g/mol. The average Bonchev–Trinajstić information content (AvgIpc) is 2.83. The summed E-state index contributed by atoms with van der Waals surface area (Å²) in [6.45, 7) is 6.62. The number of unbranched alkanes of at least 4 members (excludes halogenated alkanes) is 1. The Kier molecular flexibility index (Phi) is 9.04. The van der Waals surface area contributed by atoms with E-state index < -0.39 is 0 Å². The highest BCUT2D eigenvalue weighted by Gasteiger charge is 2.17. The minimum atomic E-state index is -0.0907. The van der Waals surface area contributed by atoms with Crippen molar-refractivity contribution < 1.29 is 14.3 Å². The molecule has 7 heteroatoms. The Bertz CT molecular complexity index is 833. The molecule has 1 aliphatic rings. The number of piperazine rings is 1. The van der Waals surface area contributed by atoms with Crippen molar-refractivity contribution in [1.82, 2.24) is 15.1 Å². The van der Waals surface area contributed by atoms with Gasteiger partial charge in [0.1, 0.15) is 11.5 Å².